The fourth-order valence-electron chi connectivity index (χ4n) is 2.50. The van der Waals surface area contributed by atoms with Crippen molar-refractivity contribution in [2.75, 3.05) is 18.1 Å². The van der Waals surface area contributed by atoms with Crippen molar-refractivity contribution in [1.29, 1.82) is 0 Å². The van der Waals surface area contributed by atoms with Crippen LogP contribution < -0.4 is 5.32 Å². The van der Waals surface area contributed by atoms with E-state index in [2.05, 4.69) is 5.32 Å². The van der Waals surface area contributed by atoms with Gasteiger partial charge in [0.05, 0.1) is 17.1 Å². The maximum atomic E-state index is 11.2. The summed E-state index contributed by atoms with van der Waals surface area (Å²) in [6.45, 7) is 0.549. The second-order valence-electron chi connectivity index (χ2n) is 4.91. The van der Waals surface area contributed by atoms with Crippen LogP contribution in [-0.4, -0.2) is 43.2 Å². The summed E-state index contributed by atoms with van der Waals surface area (Å²) < 4.78 is 22.4. The van der Waals surface area contributed by atoms with E-state index in [1.54, 1.807) is 0 Å². The highest BCUT2D eigenvalue weighted by molar-refractivity contribution is 7.91. The zero-order valence-electron chi connectivity index (χ0n) is 8.91. The second-order valence-corrected chi connectivity index (χ2v) is 7.14. The predicted molar refractivity (Wildman–Crippen MR) is 58.5 cm³/mol. The van der Waals surface area contributed by atoms with Crippen LogP contribution in [0.3, 0.4) is 0 Å². The molecular formula is C10H19NO3S. The van der Waals surface area contributed by atoms with Crippen molar-refractivity contribution in [2.24, 2.45) is 0 Å². The lowest BCUT2D eigenvalue weighted by Crippen LogP contribution is -2.43. The summed E-state index contributed by atoms with van der Waals surface area (Å²) in [5.74, 6) is 0.534. The molecular weight excluding hydrogens is 214 g/mol. The summed E-state index contributed by atoms with van der Waals surface area (Å²) in [6.07, 6.45) is 4.56. The van der Waals surface area contributed by atoms with Gasteiger partial charge in [0, 0.05) is 12.6 Å². The third-order valence-corrected chi connectivity index (χ3v) is 5.25. The van der Waals surface area contributed by atoms with E-state index in [1.165, 1.54) is 0 Å². The third kappa shape index (κ3) is 2.92. The lowest BCUT2D eigenvalue weighted by Gasteiger charge is -2.24. The molecule has 15 heavy (non-hydrogen) atoms. The average Bonchev–Trinajstić information content (AvgIpc) is 2.70. The summed E-state index contributed by atoms with van der Waals surface area (Å²) in [4.78, 5) is 0. The van der Waals surface area contributed by atoms with Gasteiger partial charge >= 0.3 is 0 Å². The van der Waals surface area contributed by atoms with Crippen molar-refractivity contribution >= 4 is 9.84 Å². The molecule has 0 aromatic rings. The monoisotopic (exact) mass is 233 g/mol. The van der Waals surface area contributed by atoms with Crippen LogP contribution in [0, 0.1) is 0 Å². The first-order valence-corrected chi connectivity index (χ1v) is 7.48. The quantitative estimate of drug-likeness (QED) is 0.724. The maximum Gasteiger partial charge on any atom is 0.151 e. The minimum absolute atomic E-state index is 0.0552. The zero-order chi connectivity index (χ0) is 10.9. The highest BCUT2D eigenvalue weighted by Crippen LogP contribution is 2.29. The number of aliphatic hydroxyl groups is 1. The standard InChI is InChI=1S/C10H19NO3S/c12-10(4-1-2-5-10)8-11-9-3-6-15(13,14)7-9/h9,11-12H,1-8H2. The first-order valence-electron chi connectivity index (χ1n) is 5.65. The van der Waals surface area contributed by atoms with Gasteiger partial charge in [-0.1, -0.05) is 12.8 Å². The molecule has 2 aliphatic rings. The molecule has 0 radical (unpaired) electrons. The van der Waals surface area contributed by atoms with E-state index < -0.39 is 15.4 Å². The first-order chi connectivity index (χ1) is 6.99. The Bertz CT molecular complexity index is 320. The molecule has 2 rings (SSSR count). The molecule has 0 aromatic carbocycles. The molecule has 1 unspecified atom stereocenters. The fourth-order valence-corrected chi connectivity index (χ4v) is 4.21. The Morgan fingerprint density at radius 2 is 2.00 bits per heavy atom. The average molecular weight is 233 g/mol. The first kappa shape index (κ1) is 11.4. The van der Waals surface area contributed by atoms with Gasteiger partial charge in [0.15, 0.2) is 9.84 Å². The molecule has 1 heterocycles. The van der Waals surface area contributed by atoms with Crippen molar-refractivity contribution in [2.45, 2.75) is 43.7 Å². The second kappa shape index (κ2) is 4.03. The Labute approximate surface area is 91.0 Å². The highest BCUT2D eigenvalue weighted by atomic mass is 32.2. The van der Waals surface area contributed by atoms with Gasteiger partial charge in [-0.3, -0.25) is 0 Å². The SMILES string of the molecule is O=S1(=O)CCC(NCC2(O)CCCC2)C1. The topological polar surface area (TPSA) is 66.4 Å². The van der Waals surface area contributed by atoms with Crippen LogP contribution in [0.15, 0.2) is 0 Å². The molecule has 0 bridgehead atoms. The van der Waals surface area contributed by atoms with Gasteiger partial charge in [0.25, 0.3) is 0 Å². The van der Waals surface area contributed by atoms with E-state index >= 15 is 0 Å². The van der Waals surface area contributed by atoms with Crippen LogP contribution in [0.2, 0.25) is 0 Å². The van der Waals surface area contributed by atoms with Gasteiger partial charge in [-0.2, -0.15) is 0 Å². The number of sulfone groups is 1. The molecule has 2 fully saturated rings. The maximum absolute atomic E-state index is 11.2. The van der Waals surface area contributed by atoms with Crippen LogP contribution in [-0.2, 0) is 9.84 Å². The molecule has 1 aliphatic heterocycles. The van der Waals surface area contributed by atoms with E-state index in [9.17, 15) is 13.5 Å². The molecule has 1 aliphatic carbocycles. The number of hydrogen-bond acceptors (Lipinski definition) is 4. The number of hydrogen-bond donors (Lipinski definition) is 2. The van der Waals surface area contributed by atoms with Gasteiger partial charge < -0.3 is 10.4 Å². The minimum atomic E-state index is -2.81. The molecule has 1 saturated heterocycles. The van der Waals surface area contributed by atoms with E-state index in [1.807, 2.05) is 0 Å². The van der Waals surface area contributed by atoms with E-state index in [4.69, 9.17) is 0 Å². The summed E-state index contributed by atoms with van der Waals surface area (Å²) in [7, 11) is -2.81. The fraction of sp³-hybridized carbons (Fsp3) is 1.00. The smallest absolute Gasteiger partial charge is 0.151 e. The Kier molecular flexibility index (Phi) is 3.05. The predicted octanol–water partition coefficient (Wildman–Crippen LogP) is 0.0682. The van der Waals surface area contributed by atoms with Crippen molar-refractivity contribution in [3.8, 4) is 0 Å². The van der Waals surface area contributed by atoms with Gasteiger partial charge in [-0.25, -0.2) is 8.42 Å². The van der Waals surface area contributed by atoms with Crippen LogP contribution >= 0.6 is 0 Å². The molecule has 0 aromatic heterocycles. The van der Waals surface area contributed by atoms with Crippen LogP contribution in [0.4, 0.5) is 0 Å². The molecule has 0 spiro atoms. The van der Waals surface area contributed by atoms with E-state index in [0.29, 0.717) is 18.7 Å². The van der Waals surface area contributed by atoms with Crippen molar-refractivity contribution in [3.63, 3.8) is 0 Å². The molecule has 5 heteroatoms. The van der Waals surface area contributed by atoms with Crippen molar-refractivity contribution in [1.82, 2.24) is 5.32 Å². The van der Waals surface area contributed by atoms with Gasteiger partial charge in [0.2, 0.25) is 0 Å². The van der Waals surface area contributed by atoms with E-state index in [-0.39, 0.29) is 11.8 Å². The van der Waals surface area contributed by atoms with Crippen LogP contribution in [0.1, 0.15) is 32.1 Å². The lowest BCUT2D eigenvalue weighted by atomic mass is 10.0. The van der Waals surface area contributed by atoms with Crippen molar-refractivity contribution < 1.29 is 13.5 Å². The number of nitrogens with one attached hydrogen (secondary N) is 1. The van der Waals surface area contributed by atoms with Gasteiger partial charge in [-0.15, -0.1) is 0 Å². The van der Waals surface area contributed by atoms with Gasteiger partial charge in [-0.05, 0) is 19.3 Å². The van der Waals surface area contributed by atoms with Crippen LogP contribution in [0.5, 0.6) is 0 Å². The summed E-state index contributed by atoms with van der Waals surface area (Å²) in [5.41, 5.74) is -0.577. The molecule has 4 nitrogen and oxygen atoms in total. The minimum Gasteiger partial charge on any atom is -0.389 e. The summed E-state index contributed by atoms with van der Waals surface area (Å²) >= 11 is 0. The summed E-state index contributed by atoms with van der Waals surface area (Å²) in [5, 5.41) is 13.3. The van der Waals surface area contributed by atoms with Crippen LogP contribution in [0.25, 0.3) is 0 Å². The van der Waals surface area contributed by atoms with E-state index in [0.717, 1.165) is 25.7 Å². The Morgan fingerprint density at radius 1 is 1.33 bits per heavy atom. The molecule has 1 saturated carbocycles. The highest BCUT2D eigenvalue weighted by Gasteiger charge is 2.33. The Morgan fingerprint density at radius 3 is 2.53 bits per heavy atom. The largest absolute Gasteiger partial charge is 0.389 e. The lowest BCUT2D eigenvalue weighted by molar-refractivity contribution is 0.0456. The molecule has 0 amide bonds. The van der Waals surface area contributed by atoms with Crippen molar-refractivity contribution in [3.05, 3.63) is 0 Å². The summed E-state index contributed by atoms with van der Waals surface area (Å²) in [6, 6.07) is 0.0552. The molecule has 2 N–H and O–H groups in total. The molecule has 1 atom stereocenters. The molecule has 88 valence electrons. The Hall–Kier alpha value is -0.130. The third-order valence-electron chi connectivity index (χ3n) is 3.49. The number of rotatable bonds is 3. The Balaban J connectivity index is 1.79. The zero-order valence-corrected chi connectivity index (χ0v) is 9.72. The normalized spacial score (nSPS) is 33.3. The van der Waals surface area contributed by atoms with Gasteiger partial charge in [0.1, 0.15) is 0 Å².